The molecule has 0 amide bonds. The molecule has 1 aliphatic heterocycles. The molecule has 10 nitrogen and oxygen atoms in total. The molecule has 0 unspecified atom stereocenters. The molecule has 12 heteroatoms. The van der Waals surface area contributed by atoms with Crippen LogP contribution in [0.3, 0.4) is 0 Å². The summed E-state index contributed by atoms with van der Waals surface area (Å²) in [5.41, 5.74) is 6.06. The van der Waals surface area contributed by atoms with E-state index in [0.717, 1.165) is 32.4 Å². The molecule has 0 bridgehead atoms. The molecule has 2 aromatic heterocycles. The Bertz CT molecular complexity index is 1300. The molecule has 2 fully saturated rings. The van der Waals surface area contributed by atoms with Gasteiger partial charge in [-0.3, -0.25) is 9.35 Å². The maximum atomic E-state index is 12.7. The Morgan fingerprint density at radius 2 is 1.97 bits per heavy atom. The highest BCUT2D eigenvalue weighted by molar-refractivity contribution is 7.85. The fraction of sp³-hybridized carbons (Fsp3) is 0.476. The molecule has 1 saturated carbocycles. The number of carboxylic acid groups (broad SMARTS) is 1. The zero-order chi connectivity index (χ0) is 24.1. The molecule has 33 heavy (non-hydrogen) atoms. The summed E-state index contributed by atoms with van der Waals surface area (Å²) in [4.78, 5) is 30.8. The summed E-state index contributed by atoms with van der Waals surface area (Å²) in [6.45, 7) is 1.59. The third kappa shape index (κ3) is 4.91. The maximum Gasteiger partial charge on any atom is 0.341 e. The van der Waals surface area contributed by atoms with Gasteiger partial charge in [0.15, 0.2) is 0 Å². The van der Waals surface area contributed by atoms with E-state index in [1.807, 2.05) is 4.57 Å². The minimum atomic E-state index is -3.67. The normalized spacial score (nSPS) is 24.4. The van der Waals surface area contributed by atoms with Gasteiger partial charge in [0.25, 0.3) is 10.1 Å². The van der Waals surface area contributed by atoms with Gasteiger partial charge in [-0.2, -0.15) is 8.42 Å². The van der Waals surface area contributed by atoms with Gasteiger partial charge < -0.3 is 20.3 Å². The number of halogens is 1. The summed E-state index contributed by atoms with van der Waals surface area (Å²) in [5.74, 6) is 0.242. The number of nitrogens with two attached hydrogens (primary N) is 1. The van der Waals surface area contributed by atoms with Gasteiger partial charge in [0, 0.05) is 37.6 Å². The van der Waals surface area contributed by atoms with Crippen molar-refractivity contribution >= 4 is 44.4 Å². The van der Waals surface area contributed by atoms with E-state index in [-0.39, 0.29) is 23.0 Å². The van der Waals surface area contributed by atoms with Gasteiger partial charge in [-0.1, -0.05) is 23.8 Å². The van der Waals surface area contributed by atoms with Gasteiger partial charge in [0.2, 0.25) is 5.43 Å². The number of fused-ring (bicyclic) bond motifs is 2. The average molecular weight is 497 g/mol. The highest BCUT2D eigenvalue weighted by atomic mass is 35.5. The number of aromatic carboxylic acids is 1. The molecule has 2 aliphatic carbocycles. The van der Waals surface area contributed by atoms with E-state index >= 15 is 0 Å². The van der Waals surface area contributed by atoms with Gasteiger partial charge in [0.05, 0.1) is 17.2 Å². The standard InChI is InChI=1S/C20H21ClN4O3.CH4O3S/c21-16-17-12(18(26)14(20(27)28)9-25(17)11-4-5-11)6-23-19(16)24-7-10-2-1-3-15(22)13(10)8-24;1-5(2,3)4/h1,3,6,9-11,13,15H,2,4-5,7-8,22H2,(H,27,28);1H3,(H,2,3,4)/t10-,13+,15-;/m1./s1. The van der Waals surface area contributed by atoms with Crippen LogP contribution in [-0.4, -0.2) is 59.0 Å². The molecule has 0 aromatic carbocycles. The van der Waals surface area contributed by atoms with E-state index < -0.39 is 21.5 Å². The fourth-order valence-electron chi connectivity index (χ4n) is 4.62. The second kappa shape index (κ2) is 8.71. The fourth-order valence-corrected chi connectivity index (χ4v) is 4.98. The summed E-state index contributed by atoms with van der Waals surface area (Å²) >= 11 is 6.78. The van der Waals surface area contributed by atoms with Crippen LogP contribution >= 0.6 is 11.6 Å². The Morgan fingerprint density at radius 1 is 1.30 bits per heavy atom. The number of allylic oxidation sites excluding steroid dienone is 1. The number of hydrogen-bond donors (Lipinski definition) is 3. The highest BCUT2D eigenvalue weighted by Crippen LogP contribution is 2.42. The Balaban J connectivity index is 0.000000471. The lowest BCUT2D eigenvalue weighted by Gasteiger charge is -2.25. The number of rotatable bonds is 3. The Hall–Kier alpha value is -2.47. The lowest BCUT2D eigenvalue weighted by Crippen LogP contribution is -2.35. The third-order valence-electron chi connectivity index (χ3n) is 6.24. The van der Waals surface area contributed by atoms with Gasteiger partial charge in [-0.05, 0) is 31.1 Å². The van der Waals surface area contributed by atoms with Crippen LogP contribution in [-0.2, 0) is 10.1 Å². The van der Waals surface area contributed by atoms with Crippen LogP contribution in [0.25, 0.3) is 10.9 Å². The quantitative estimate of drug-likeness (QED) is 0.426. The van der Waals surface area contributed by atoms with Crippen LogP contribution in [0.4, 0.5) is 5.82 Å². The molecule has 2 aromatic rings. The monoisotopic (exact) mass is 496 g/mol. The molecule has 4 N–H and O–H groups in total. The smallest absolute Gasteiger partial charge is 0.341 e. The van der Waals surface area contributed by atoms with Crippen LogP contribution in [0.2, 0.25) is 5.02 Å². The van der Waals surface area contributed by atoms with Crippen LogP contribution < -0.4 is 16.1 Å². The average Bonchev–Trinajstić information content (AvgIpc) is 3.46. The number of carbonyl (C=O) groups is 1. The summed E-state index contributed by atoms with van der Waals surface area (Å²) in [7, 11) is -3.67. The number of anilines is 1. The van der Waals surface area contributed by atoms with Crippen molar-refractivity contribution < 1.29 is 22.9 Å². The van der Waals surface area contributed by atoms with Crippen LogP contribution in [0.1, 0.15) is 35.7 Å². The minimum Gasteiger partial charge on any atom is -0.477 e. The van der Waals surface area contributed by atoms with E-state index in [9.17, 15) is 23.1 Å². The molecule has 0 radical (unpaired) electrons. The Morgan fingerprint density at radius 3 is 2.55 bits per heavy atom. The molecule has 5 rings (SSSR count). The van der Waals surface area contributed by atoms with E-state index in [2.05, 4.69) is 22.0 Å². The van der Waals surface area contributed by atoms with Crippen molar-refractivity contribution in [2.24, 2.45) is 17.6 Å². The van der Waals surface area contributed by atoms with E-state index in [1.54, 1.807) is 0 Å². The summed E-state index contributed by atoms with van der Waals surface area (Å²) in [6, 6.07) is 0.207. The van der Waals surface area contributed by atoms with Crippen molar-refractivity contribution in [1.29, 1.82) is 0 Å². The zero-order valence-corrected chi connectivity index (χ0v) is 19.5. The van der Waals surface area contributed by atoms with Crippen molar-refractivity contribution in [2.45, 2.75) is 31.3 Å². The van der Waals surface area contributed by atoms with Crippen molar-refractivity contribution in [2.75, 3.05) is 24.2 Å². The first kappa shape index (κ1) is 23.7. The van der Waals surface area contributed by atoms with Gasteiger partial charge in [-0.25, -0.2) is 9.78 Å². The van der Waals surface area contributed by atoms with E-state index in [1.165, 1.54) is 12.4 Å². The number of pyridine rings is 2. The van der Waals surface area contributed by atoms with Crippen LogP contribution in [0.15, 0.2) is 29.3 Å². The van der Waals surface area contributed by atoms with Crippen molar-refractivity contribution in [3.8, 4) is 0 Å². The summed E-state index contributed by atoms with van der Waals surface area (Å²) in [5, 5.41) is 10.1. The van der Waals surface area contributed by atoms with E-state index in [0.29, 0.717) is 34.4 Å². The summed E-state index contributed by atoms with van der Waals surface area (Å²) < 4.78 is 27.7. The van der Waals surface area contributed by atoms with Gasteiger partial charge in [0.1, 0.15) is 16.4 Å². The minimum absolute atomic E-state index is 0.0331. The van der Waals surface area contributed by atoms with Crippen molar-refractivity contribution in [3.63, 3.8) is 0 Å². The third-order valence-corrected chi connectivity index (χ3v) is 6.59. The lowest BCUT2D eigenvalue weighted by atomic mass is 9.83. The predicted molar refractivity (Wildman–Crippen MR) is 125 cm³/mol. The molecular formula is C21H25ClN4O6S. The number of aromatic nitrogens is 2. The number of nitrogens with zero attached hydrogens (tertiary/aromatic N) is 3. The largest absolute Gasteiger partial charge is 0.477 e. The molecule has 0 spiro atoms. The van der Waals surface area contributed by atoms with E-state index in [4.69, 9.17) is 21.9 Å². The van der Waals surface area contributed by atoms with Crippen LogP contribution in [0.5, 0.6) is 0 Å². The Labute approximate surface area is 195 Å². The van der Waals surface area contributed by atoms with Gasteiger partial charge in [-0.15, -0.1) is 0 Å². The zero-order valence-electron chi connectivity index (χ0n) is 17.9. The van der Waals surface area contributed by atoms with Crippen molar-refractivity contribution in [3.05, 3.63) is 45.4 Å². The number of hydrogen-bond acceptors (Lipinski definition) is 7. The molecule has 1 saturated heterocycles. The second-order valence-electron chi connectivity index (χ2n) is 8.78. The lowest BCUT2D eigenvalue weighted by molar-refractivity contribution is 0.0694. The molecule has 3 aliphatic rings. The molecular weight excluding hydrogens is 472 g/mol. The van der Waals surface area contributed by atoms with Gasteiger partial charge >= 0.3 is 5.97 Å². The highest BCUT2D eigenvalue weighted by Gasteiger charge is 2.38. The Kier molecular flexibility index (Phi) is 6.25. The first-order chi connectivity index (χ1) is 15.5. The van der Waals surface area contributed by atoms with Crippen molar-refractivity contribution in [1.82, 2.24) is 9.55 Å². The SMILES string of the molecule is CS(=O)(=O)O.N[C@@H]1C=CC[C@@H]2CN(c3ncc4c(=O)c(C(=O)O)cn(C5CC5)c4c3Cl)C[C@@H]21. The summed E-state index contributed by atoms with van der Waals surface area (Å²) in [6.07, 6.45) is 10.7. The molecule has 3 heterocycles. The molecule has 3 atom stereocenters. The first-order valence-electron chi connectivity index (χ1n) is 10.5. The topological polar surface area (TPSA) is 156 Å². The maximum absolute atomic E-state index is 12.7. The number of carboxylic acids is 1. The first-order valence-corrected chi connectivity index (χ1v) is 12.7. The second-order valence-corrected chi connectivity index (χ2v) is 10.6. The molecule has 178 valence electrons. The predicted octanol–water partition coefficient (Wildman–Crippen LogP) is 1.93. The van der Waals surface area contributed by atoms with Crippen LogP contribution in [0, 0.1) is 11.8 Å².